The van der Waals surface area contributed by atoms with E-state index in [0.29, 0.717) is 6.54 Å². The lowest BCUT2D eigenvalue weighted by molar-refractivity contribution is 0.242. The number of hydrogen-bond acceptors (Lipinski definition) is 4. The molecule has 2 heterocycles. The molecule has 8 nitrogen and oxygen atoms in total. The predicted octanol–water partition coefficient (Wildman–Crippen LogP) is -1.01. The fourth-order valence-electron chi connectivity index (χ4n) is 1.35. The quantitative estimate of drug-likeness (QED) is 0.574. The van der Waals surface area contributed by atoms with Crippen molar-refractivity contribution in [1.82, 2.24) is 24.8 Å². The second-order valence-electron chi connectivity index (χ2n) is 3.03. The van der Waals surface area contributed by atoms with Gasteiger partial charge in [-0.15, -0.1) is 0 Å². The highest BCUT2D eigenvalue weighted by Gasteiger charge is 2.14. The Labute approximate surface area is 88.3 Å². The van der Waals surface area contributed by atoms with Gasteiger partial charge in [0.2, 0.25) is 0 Å². The molecule has 3 N–H and O–H groups in total. The number of amides is 1. The third kappa shape index (κ3) is 1.40. The Hall–Kier alpha value is -2.38. The number of rotatable bonds is 1. The summed E-state index contributed by atoms with van der Waals surface area (Å²) in [5.41, 5.74) is -1.31. The van der Waals surface area contributed by atoms with Crippen LogP contribution in [-0.2, 0) is 0 Å². The number of fused-ring (bicyclic) bond motifs is 1. The van der Waals surface area contributed by atoms with Gasteiger partial charge < -0.3 is 10.3 Å². The third-order valence-electron chi connectivity index (χ3n) is 2.01. The van der Waals surface area contributed by atoms with Gasteiger partial charge in [-0.05, 0) is 6.92 Å². The summed E-state index contributed by atoms with van der Waals surface area (Å²) in [6.07, 6.45) is 1.25. The van der Waals surface area contributed by atoms with Gasteiger partial charge >= 0.3 is 11.7 Å². The van der Waals surface area contributed by atoms with E-state index in [2.05, 4.69) is 15.3 Å². The Balaban J connectivity index is 2.78. The number of nitrogens with one attached hydrogen (secondary N) is 3. The molecule has 0 radical (unpaired) electrons. The van der Waals surface area contributed by atoms with Gasteiger partial charge in [-0.3, -0.25) is 9.78 Å². The molecular weight excluding hydrogens is 214 g/mol. The van der Waals surface area contributed by atoms with Crippen LogP contribution < -0.4 is 16.6 Å². The molecule has 0 aliphatic heterocycles. The fourth-order valence-corrected chi connectivity index (χ4v) is 1.35. The average Bonchev–Trinajstić information content (AvgIpc) is 2.66. The Kier molecular flexibility index (Phi) is 2.31. The van der Waals surface area contributed by atoms with Gasteiger partial charge in [0.15, 0.2) is 5.65 Å². The lowest BCUT2D eigenvalue weighted by atomic mass is 10.5. The molecule has 0 unspecified atom stereocenters. The molecular formula is C8H9N5O3. The van der Waals surface area contributed by atoms with Crippen LogP contribution in [0.25, 0.3) is 11.2 Å². The highest BCUT2D eigenvalue weighted by atomic mass is 16.2. The van der Waals surface area contributed by atoms with E-state index < -0.39 is 17.3 Å². The summed E-state index contributed by atoms with van der Waals surface area (Å²) >= 11 is 0. The Morgan fingerprint density at radius 2 is 2.31 bits per heavy atom. The standard InChI is InChI=1S/C8H9N5O3/c1-2-9-7(15)13-5-4(10-3-11-5)6(14)12-8(13)16/h3H,2H2,1H3,(H,9,15)(H,10,11)(H,12,14,16). The van der Waals surface area contributed by atoms with Crippen LogP contribution in [0.15, 0.2) is 15.9 Å². The number of hydrogen-bond donors (Lipinski definition) is 3. The minimum Gasteiger partial charge on any atom is -0.339 e. The van der Waals surface area contributed by atoms with E-state index in [9.17, 15) is 14.4 Å². The minimum atomic E-state index is -0.810. The van der Waals surface area contributed by atoms with Crippen molar-refractivity contribution in [2.75, 3.05) is 6.54 Å². The number of aromatic nitrogens is 4. The van der Waals surface area contributed by atoms with Crippen molar-refractivity contribution in [3.63, 3.8) is 0 Å². The van der Waals surface area contributed by atoms with Crippen LogP contribution in [0.1, 0.15) is 6.92 Å². The van der Waals surface area contributed by atoms with Crippen molar-refractivity contribution in [2.45, 2.75) is 6.92 Å². The normalized spacial score (nSPS) is 10.6. The van der Waals surface area contributed by atoms with E-state index in [0.717, 1.165) is 4.57 Å². The molecule has 2 aromatic heterocycles. The van der Waals surface area contributed by atoms with E-state index in [1.165, 1.54) is 6.33 Å². The van der Waals surface area contributed by atoms with Gasteiger partial charge in [0, 0.05) is 6.54 Å². The van der Waals surface area contributed by atoms with Crippen LogP contribution in [0, 0.1) is 0 Å². The first-order chi connectivity index (χ1) is 7.65. The second-order valence-corrected chi connectivity index (χ2v) is 3.03. The van der Waals surface area contributed by atoms with E-state index in [1.54, 1.807) is 6.92 Å². The zero-order chi connectivity index (χ0) is 11.7. The van der Waals surface area contributed by atoms with Gasteiger partial charge in [-0.25, -0.2) is 14.6 Å². The summed E-state index contributed by atoms with van der Waals surface area (Å²) in [6, 6.07) is -0.624. The van der Waals surface area contributed by atoms with E-state index >= 15 is 0 Å². The summed E-state index contributed by atoms with van der Waals surface area (Å²) in [6.45, 7) is 2.09. The van der Waals surface area contributed by atoms with Crippen LogP contribution in [0.3, 0.4) is 0 Å². The third-order valence-corrected chi connectivity index (χ3v) is 2.01. The molecule has 8 heteroatoms. The molecule has 0 saturated carbocycles. The molecule has 2 aromatic rings. The van der Waals surface area contributed by atoms with Crippen LogP contribution >= 0.6 is 0 Å². The molecule has 16 heavy (non-hydrogen) atoms. The lowest BCUT2D eigenvalue weighted by Gasteiger charge is -2.04. The van der Waals surface area contributed by atoms with Crippen molar-refractivity contribution in [1.29, 1.82) is 0 Å². The van der Waals surface area contributed by atoms with E-state index in [4.69, 9.17) is 0 Å². The zero-order valence-corrected chi connectivity index (χ0v) is 8.40. The van der Waals surface area contributed by atoms with E-state index in [1.807, 2.05) is 4.98 Å². The Morgan fingerprint density at radius 3 is 3.00 bits per heavy atom. The second kappa shape index (κ2) is 3.65. The number of carbonyl (C=O) groups excluding carboxylic acids is 1. The molecule has 1 amide bonds. The topological polar surface area (TPSA) is 113 Å². The Morgan fingerprint density at radius 1 is 1.56 bits per heavy atom. The average molecular weight is 223 g/mol. The molecule has 0 bridgehead atoms. The van der Waals surface area contributed by atoms with Gasteiger partial charge in [0.1, 0.15) is 5.52 Å². The highest BCUT2D eigenvalue weighted by molar-refractivity contribution is 5.85. The molecule has 0 saturated heterocycles. The van der Waals surface area contributed by atoms with Gasteiger partial charge in [0.25, 0.3) is 5.56 Å². The van der Waals surface area contributed by atoms with Crippen molar-refractivity contribution in [2.24, 2.45) is 0 Å². The number of H-pyrrole nitrogens is 2. The molecule has 2 rings (SSSR count). The number of aromatic amines is 2. The van der Waals surface area contributed by atoms with Crippen LogP contribution in [-0.4, -0.2) is 32.1 Å². The molecule has 0 atom stereocenters. The smallest absolute Gasteiger partial charge is 0.338 e. The number of imidazole rings is 1. The molecule has 84 valence electrons. The maximum atomic E-state index is 11.6. The lowest BCUT2D eigenvalue weighted by Crippen LogP contribution is -2.40. The minimum absolute atomic E-state index is 0.0136. The Bertz CT molecular complexity index is 649. The van der Waals surface area contributed by atoms with Gasteiger partial charge in [0.05, 0.1) is 6.33 Å². The maximum absolute atomic E-state index is 11.6. The number of nitrogens with zero attached hydrogens (tertiary/aromatic N) is 2. The fraction of sp³-hybridized carbons (Fsp3) is 0.250. The van der Waals surface area contributed by atoms with Crippen molar-refractivity contribution in [3.8, 4) is 0 Å². The van der Waals surface area contributed by atoms with Gasteiger partial charge in [-0.1, -0.05) is 0 Å². The summed E-state index contributed by atoms with van der Waals surface area (Å²) in [5.74, 6) is 0. The largest absolute Gasteiger partial charge is 0.339 e. The molecule has 0 aromatic carbocycles. The molecule has 0 fully saturated rings. The molecule has 0 spiro atoms. The van der Waals surface area contributed by atoms with Crippen molar-refractivity contribution >= 4 is 17.2 Å². The first-order valence-corrected chi connectivity index (χ1v) is 4.61. The summed E-state index contributed by atoms with van der Waals surface area (Å²) in [7, 11) is 0. The summed E-state index contributed by atoms with van der Waals surface area (Å²) in [5, 5.41) is 2.45. The van der Waals surface area contributed by atoms with Crippen molar-refractivity contribution in [3.05, 3.63) is 27.2 Å². The highest BCUT2D eigenvalue weighted by Crippen LogP contribution is 1.98. The number of carbonyl (C=O) groups is 1. The zero-order valence-electron chi connectivity index (χ0n) is 8.40. The molecule has 0 aliphatic rings. The van der Waals surface area contributed by atoms with Crippen molar-refractivity contribution < 1.29 is 4.79 Å². The predicted molar refractivity (Wildman–Crippen MR) is 55.4 cm³/mol. The van der Waals surface area contributed by atoms with Crippen LogP contribution in [0.5, 0.6) is 0 Å². The van der Waals surface area contributed by atoms with Crippen LogP contribution in [0.2, 0.25) is 0 Å². The van der Waals surface area contributed by atoms with Crippen LogP contribution in [0.4, 0.5) is 4.79 Å². The monoisotopic (exact) mass is 223 g/mol. The summed E-state index contributed by atoms with van der Waals surface area (Å²) < 4.78 is 0.775. The van der Waals surface area contributed by atoms with Gasteiger partial charge in [-0.2, -0.15) is 4.57 Å². The maximum Gasteiger partial charge on any atom is 0.338 e. The first-order valence-electron chi connectivity index (χ1n) is 4.61. The summed E-state index contributed by atoms with van der Waals surface area (Å²) in [4.78, 5) is 42.7. The first kappa shape index (κ1) is 10.1. The van der Waals surface area contributed by atoms with E-state index in [-0.39, 0.29) is 11.2 Å². The molecule has 0 aliphatic carbocycles. The SMILES string of the molecule is CCNC(=O)n1c(=O)[nH]c(=O)c2[nH]cnc21.